The molecule has 0 radical (unpaired) electrons. The van der Waals surface area contributed by atoms with Crippen molar-refractivity contribution in [2.75, 3.05) is 12.8 Å². The van der Waals surface area contributed by atoms with Crippen molar-refractivity contribution >= 4 is 28.3 Å². The number of carbonyl (C=O) groups excluding carboxylic acids is 2. The number of hydrogen-bond donors (Lipinski definition) is 3. The van der Waals surface area contributed by atoms with Gasteiger partial charge in [0.15, 0.2) is 16.8 Å². The number of carbonyl (C=O) groups is 2. The molecule has 2 aromatic rings. The number of benzene rings is 1. The molecule has 164 valence electrons. The molecule has 2 rings (SSSR count). The van der Waals surface area contributed by atoms with E-state index in [0.29, 0.717) is 10.7 Å². The number of nitrogens with zero attached hydrogens (tertiary/aromatic N) is 2. The summed E-state index contributed by atoms with van der Waals surface area (Å²) in [5.74, 6) is -2.76. The van der Waals surface area contributed by atoms with Gasteiger partial charge in [-0.05, 0) is 45.5 Å². The van der Waals surface area contributed by atoms with Gasteiger partial charge in [0.2, 0.25) is 11.8 Å². The Hall–Kier alpha value is -2.59. The fraction of sp³-hybridized carbons (Fsp3) is 0.450. The van der Waals surface area contributed by atoms with E-state index in [2.05, 4.69) is 15.6 Å². The lowest BCUT2D eigenvalue weighted by molar-refractivity contribution is -0.131. The first kappa shape index (κ1) is 23.7. The zero-order chi connectivity index (χ0) is 22.4. The summed E-state index contributed by atoms with van der Waals surface area (Å²) in [6.07, 6.45) is 1.57. The first-order valence-corrected chi connectivity index (χ1v) is 10.3. The standard InChI is InChI=1S/C20H27F2N5O2S/c1-11(2)27(4)12(3)18(28)26-17(8-13-5-6-15(21)16(22)7-13)19(29)24-9-14-10-25-20(23)30-14/h5-7,10-12,17H,8-9H2,1-4H3,(H2,23,25)(H,24,29)(H,26,28)/t12-,17-/m0/s1. The van der Waals surface area contributed by atoms with E-state index in [9.17, 15) is 18.4 Å². The third kappa shape index (κ3) is 6.46. The number of anilines is 1. The minimum Gasteiger partial charge on any atom is -0.375 e. The average Bonchev–Trinajstić information content (AvgIpc) is 3.12. The molecule has 30 heavy (non-hydrogen) atoms. The predicted molar refractivity (Wildman–Crippen MR) is 113 cm³/mol. The zero-order valence-corrected chi connectivity index (χ0v) is 18.2. The highest BCUT2D eigenvalue weighted by Gasteiger charge is 2.26. The highest BCUT2D eigenvalue weighted by Crippen LogP contribution is 2.15. The number of thiazole rings is 1. The number of rotatable bonds is 9. The van der Waals surface area contributed by atoms with Crippen LogP contribution in [-0.4, -0.2) is 46.9 Å². The number of aromatic nitrogens is 1. The number of nitrogens with two attached hydrogens (primary N) is 1. The van der Waals surface area contributed by atoms with Crippen LogP contribution in [0, 0.1) is 11.6 Å². The SMILES string of the molecule is CC(C)N(C)[C@@H](C)C(=O)N[C@@H](Cc1ccc(F)c(F)c1)C(=O)NCc1cnc(N)s1. The highest BCUT2D eigenvalue weighted by molar-refractivity contribution is 7.15. The first-order chi connectivity index (χ1) is 14.1. The molecule has 0 unspecified atom stereocenters. The van der Waals surface area contributed by atoms with Gasteiger partial charge in [-0.25, -0.2) is 13.8 Å². The number of hydrogen-bond acceptors (Lipinski definition) is 6. The summed E-state index contributed by atoms with van der Waals surface area (Å²) in [6, 6.07) is 2.09. The van der Waals surface area contributed by atoms with Crippen LogP contribution in [0.4, 0.5) is 13.9 Å². The largest absolute Gasteiger partial charge is 0.375 e. The van der Waals surface area contributed by atoms with Crippen LogP contribution in [-0.2, 0) is 22.6 Å². The van der Waals surface area contributed by atoms with Crippen molar-refractivity contribution in [2.45, 2.75) is 51.9 Å². The van der Waals surface area contributed by atoms with Crippen molar-refractivity contribution in [1.29, 1.82) is 0 Å². The normalized spacial score (nSPS) is 13.3. The Bertz CT molecular complexity index is 890. The summed E-state index contributed by atoms with van der Waals surface area (Å²) in [5, 5.41) is 5.85. The van der Waals surface area contributed by atoms with Gasteiger partial charge in [0, 0.05) is 23.5 Å². The average molecular weight is 440 g/mol. The Morgan fingerprint density at radius 3 is 2.47 bits per heavy atom. The number of nitrogen functional groups attached to an aromatic ring is 1. The van der Waals surface area contributed by atoms with Gasteiger partial charge in [0.1, 0.15) is 6.04 Å². The van der Waals surface area contributed by atoms with E-state index in [1.807, 2.05) is 25.8 Å². The molecule has 0 spiro atoms. The quantitative estimate of drug-likeness (QED) is 0.556. The van der Waals surface area contributed by atoms with Crippen molar-refractivity contribution in [2.24, 2.45) is 0 Å². The van der Waals surface area contributed by atoms with E-state index in [-0.39, 0.29) is 24.9 Å². The molecule has 1 aromatic heterocycles. The number of halogens is 2. The van der Waals surface area contributed by atoms with Crippen LogP contribution in [0.3, 0.4) is 0 Å². The van der Waals surface area contributed by atoms with Crippen LogP contribution in [0.5, 0.6) is 0 Å². The van der Waals surface area contributed by atoms with E-state index < -0.39 is 29.6 Å². The Balaban J connectivity index is 2.14. The van der Waals surface area contributed by atoms with E-state index in [1.165, 1.54) is 17.4 Å². The van der Waals surface area contributed by atoms with Crippen LogP contribution < -0.4 is 16.4 Å². The first-order valence-electron chi connectivity index (χ1n) is 9.52. The van der Waals surface area contributed by atoms with Gasteiger partial charge in [-0.15, -0.1) is 11.3 Å². The summed E-state index contributed by atoms with van der Waals surface area (Å²) in [4.78, 5) is 32.0. The number of amides is 2. The molecule has 1 aromatic carbocycles. The second kappa shape index (κ2) is 10.4. The minimum absolute atomic E-state index is 0.0116. The molecular weight excluding hydrogens is 412 g/mol. The van der Waals surface area contributed by atoms with E-state index in [1.54, 1.807) is 13.1 Å². The molecule has 7 nitrogen and oxygen atoms in total. The maximum Gasteiger partial charge on any atom is 0.243 e. The maximum atomic E-state index is 13.6. The van der Waals surface area contributed by atoms with Crippen LogP contribution in [0.25, 0.3) is 0 Å². The molecule has 0 saturated heterocycles. The van der Waals surface area contributed by atoms with Gasteiger partial charge in [-0.2, -0.15) is 0 Å². The van der Waals surface area contributed by atoms with Crippen molar-refractivity contribution in [1.82, 2.24) is 20.5 Å². The third-order valence-corrected chi connectivity index (χ3v) is 5.70. The van der Waals surface area contributed by atoms with Gasteiger partial charge in [0.05, 0.1) is 12.6 Å². The second-order valence-electron chi connectivity index (χ2n) is 7.33. The third-order valence-electron chi connectivity index (χ3n) is 4.87. The summed E-state index contributed by atoms with van der Waals surface area (Å²) in [5.41, 5.74) is 5.98. The molecule has 10 heteroatoms. The van der Waals surface area contributed by atoms with Crippen LogP contribution >= 0.6 is 11.3 Å². The minimum atomic E-state index is -1.01. The molecule has 0 aliphatic carbocycles. The van der Waals surface area contributed by atoms with Gasteiger partial charge in [-0.3, -0.25) is 14.5 Å². The lowest BCUT2D eigenvalue weighted by Crippen LogP contribution is -2.53. The Morgan fingerprint density at radius 2 is 1.90 bits per heavy atom. The van der Waals surface area contributed by atoms with E-state index >= 15 is 0 Å². The van der Waals surface area contributed by atoms with Gasteiger partial charge < -0.3 is 16.4 Å². The lowest BCUT2D eigenvalue weighted by Gasteiger charge is -2.29. The Morgan fingerprint density at radius 1 is 1.20 bits per heavy atom. The van der Waals surface area contributed by atoms with Crippen LogP contribution in [0.1, 0.15) is 31.2 Å². The van der Waals surface area contributed by atoms with Gasteiger partial charge in [0.25, 0.3) is 0 Å². The summed E-state index contributed by atoms with van der Waals surface area (Å²) in [7, 11) is 1.81. The Kier molecular flexibility index (Phi) is 8.24. The molecule has 2 atom stereocenters. The molecule has 0 fully saturated rings. The molecule has 1 heterocycles. The fourth-order valence-electron chi connectivity index (χ4n) is 2.74. The van der Waals surface area contributed by atoms with Gasteiger partial charge in [-0.1, -0.05) is 6.07 Å². The zero-order valence-electron chi connectivity index (χ0n) is 17.4. The lowest BCUT2D eigenvalue weighted by atomic mass is 10.0. The van der Waals surface area contributed by atoms with Crippen molar-refractivity contribution < 1.29 is 18.4 Å². The molecule has 0 bridgehead atoms. The predicted octanol–water partition coefficient (Wildman–Crippen LogP) is 2.08. The molecule has 0 saturated carbocycles. The number of nitrogens with one attached hydrogen (secondary N) is 2. The monoisotopic (exact) mass is 439 g/mol. The smallest absolute Gasteiger partial charge is 0.243 e. The maximum absolute atomic E-state index is 13.6. The van der Waals surface area contributed by atoms with Crippen molar-refractivity contribution in [3.05, 3.63) is 46.5 Å². The Labute approximate surface area is 178 Å². The number of likely N-dealkylation sites (N-methyl/N-ethyl adjacent to an activating group) is 1. The molecule has 0 aliphatic heterocycles. The second-order valence-corrected chi connectivity index (χ2v) is 8.48. The molecular formula is C20H27F2N5O2S. The summed E-state index contributed by atoms with van der Waals surface area (Å²) in [6.45, 7) is 5.84. The van der Waals surface area contributed by atoms with E-state index in [0.717, 1.165) is 17.0 Å². The molecule has 0 aliphatic rings. The van der Waals surface area contributed by atoms with Crippen molar-refractivity contribution in [3.8, 4) is 0 Å². The summed E-state index contributed by atoms with van der Waals surface area (Å²) >= 11 is 1.24. The topological polar surface area (TPSA) is 100 Å². The summed E-state index contributed by atoms with van der Waals surface area (Å²) < 4.78 is 26.8. The highest BCUT2D eigenvalue weighted by atomic mass is 32.1. The van der Waals surface area contributed by atoms with E-state index in [4.69, 9.17) is 5.73 Å². The fourth-order valence-corrected chi connectivity index (χ4v) is 3.36. The van der Waals surface area contributed by atoms with Crippen LogP contribution in [0.2, 0.25) is 0 Å². The van der Waals surface area contributed by atoms with Crippen molar-refractivity contribution in [3.63, 3.8) is 0 Å². The van der Waals surface area contributed by atoms with Gasteiger partial charge >= 0.3 is 0 Å². The molecule has 2 amide bonds. The van der Waals surface area contributed by atoms with Crippen LogP contribution in [0.15, 0.2) is 24.4 Å². The molecule has 4 N–H and O–H groups in total.